The van der Waals surface area contributed by atoms with Crippen molar-refractivity contribution in [3.8, 4) is 11.3 Å². The Labute approximate surface area is 158 Å². The lowest BCUT2D eigenvalue weighted by Gasteiger charge is -2.12. The van der Waals surface area contributed by atoms with Crippen LogP contribution in [-0.4, -0.2) is 21.3 Å². The Hall–Kier alpha value is -2.33. The van der Waals surface area contributed by atoms with E-state index >= 15 is 0 Å². The van der Waals surface area contributed by atoms with Crippen LogP contribution in [0.4, 0.5) is 0 Å². The number of hydrogen-bond donors (Lipinski definition) is 1. The number of nitrogens with one attached hydrogen (secondary N) is 1. The number of amides is 1. The number of hydrogen-bond acceptors (Lipinski definition) is 2. The molecule has 0 aliphatic heterocycles. The quantitative estimate of drug-likeness (QED) is 0.713. The Morgan fingerprint density at radius 1 is 1.15 bits per heavy atom. The summed E-state index contributed by atoms with van der Waals surface area (Å²) in [5.74, 6) is 0.129. The summed E-state index contributed by atoms with van der Waals surface area (Å²) in [7, 11) is 0. The zero-order chi connectivity index (χ0) is 17.9. The Bertz CT molecular complexity index is 911. The van der Waals surface area contributed by atoms with E-state index in [0.717, 1.165) is 35.4 Å². The molecular formula is C21H22ClN3O. The van der Waals surface area contributed by atoms with Gasteiger partial charge in [-0.05, 0) is 43.5 Å². The fraction of sp³-hybridized carbons (Fsp3) is 0.333. The summed E-state index contributed by atoms with van der Waals surface area (Å²) in [6.07, 6.45) is 7.79. The van der Waals surface area contributed by atoms with E-state index in [1.54, 1.807) is 0 Å². The van der Waals surface area contributed by atoms with Crippen molar-refractivity contribution in [2.24, 2.45) is 0 Å². The lowest BCUT2D eigenvalue weighted by molar-refractivity contribution is -0.121. The van der Waals surface area contributed by atoms with Gasteiger partial charge in [0.2, 0.25) is 5.91 Å². The van der Waals surface area contributed by atoms with Gasteiger partial charge >= 0.3 is 0 Å². The maximum atomic E-state index is 12.4. The van der Waals surface area contributed by atoms with Gasteiger partial charge < -0.3 is 9.72 Å². The minimum absolute atomic E-state index is 0.129. The first-order chi connectivity index (χ1) is 12.7. The number of imidazole rings is 1. The summed E-state index contributed by atoms with van der Waals surface area (Å²) in [6.45, 7) is 0. The number of rotatable bonds is 5. The maximum Gasteiger partial charge on any atom is 0.220 e. The largest absolute Gasteiger partial charge is 0.353 e. The highest BCUT2D eigenvalue weighted by Crippen LogP contribution is 2.27. The van der Waals surface area contributed by atoms with Crippen LogP contribution in [-0.2, 0) is 11.2 Å². The normalized spacial score (nSPS) is 14.8. The van der Waals surface area contributed by atoms with Crippen molar-refractivity contribution in [1.29, 1.82) is 0 Å². The zero-order valence-electron chi connectivity index (χ0n) is 14.6. The molecule has 2 aromatic heterocycles. The van der Waals surface area contributed by atoms with E-state index < -0.39 is 0 Å². The van der Waals surface area contributed by atoms with E-state index in [0.29, 0.717) is 23.9 Å². The van der Waals surface area contributed by atoms with Crippen LogP contribution in [0.2, 0.25) is 5.02 Å². The molecule has 0 bridgehead atoms. The second-order valence-corrected chi connectivity index (χ2v) is 7.33. The lowest BCUT2D eigenvalue weighted by atomic mass is 10.1. The molecule has 2 heterocycles. The van der Waals surface area contributed by atoms with Crippen molar-refractivity contribution in [1.82, 2.24) is 14.7 Å². The number of aromatic nitrogens is 2. The number of aryl methyl sites for hydroxylation is 1. The number of pyridine rings is 1. The monoisotopic (exact) mass is 367 g/mol. The lowest BCUT2D eigenvalue weighted by Crippen LogP contribution is -2.32. The van der Waals surface area contributed by atoms with Crippen LogP contribution < -0.4 is 5.32 Å². The third kappa shape index (κ3) is 3.61. The van der Waals surface area contributed by atoms with Crippen LogP contribution in [0.15, 0.2) is 48.7 Å². The Kier molecular flexibility index (Phi) is 4.93. The fourth-order valence-corrected chi connectivity index (χ4v) is 3.85. The number of halogens is 1. The molecule has 1 aliphatic rings. The molecule has 134 valence electrons. The van der Waals surface area contributed by atoms with Crippen LogP contribution in [0, 0.1) is 0 Å². The van der Waals surface area contributed by atoms with Crippen molar-refractivity contribution in [3.63, 3.8) is 0 Å². The molecule has 1 aliphatic carbocycles. The van der Waals surface area contributed by atoms with Gasteiger partial charge in [0.25, 0.3) is 0 Å². The highest BCUT2D eigenvalue weighted by molar-refractivity contribution is 6.30. The molecule has 1 N–H and O–H groups in total. The molecule has 0 atom stereocenters. The number of fused-ring (bicyclic) bond motifs is 1. The average Bonchev–Trinajstić information content (AvgIpc) is 3.28. The molecule has 0 spiro atoms. The number of benzene rings is 1. The van der Waals surface area contributed by atoms with Gasteiger partial charge in [0.05, 0.1) is 11.4 Å². The van der Waals surface area contributed by atoms with Gasteiger partial charge in [-0.1, -0.05) is 42.6 Å². The topological polar surface area (TPSA) is 46.4 Å². The first kappa shape index (κ1) is 17.1. The predicted molar refractivity (Wildman–Crippen MR) is 104 cm³/mol. The van der Waals surface area contributed by atoms with E-state index in [1.165, 1.54) is 12.8 Å². The molecule has 5 heteroatoms. The smallest absolute Gasteiger partial charge is 0.220 e. The van der Waals surface area contributed by atoms with Gasteiger partial charge in [0, 0.05) is 29.2 Å². The molecule has 1 saturated carbocycles. The zero-order valence-corrected chi connectivity index (χ0v) is 15.4. The summed E-state index contributed by atoms with van der Waals surface area (Å²) in [6, 6.07) is 14.0. The van der Waals surface area contributed by atoms with E-state index in [2.05, 4.69) is 9.72 Å². The highest BCUT2D eigenvalue weighted by Gasteiger charge is 2.19. The molecule has 0 radical (unpaired) electrons. The van der Waals surface area contributed by atoms with Crippen molar-refractivity contribution >= 4 is 23.2 Å². The van der Waals surface area contributed by atoms with Crippen molar-refractivity contribution in [2.75, 3.05) is 0 Å². The van der Waals surface area contributed by atoms with Gasteiger partial charge in [-0.15, -0.1) is 0 Å². The number of nitrogens with zero attached hydrogens (tertiary/aromatic N) is 2. The molecule has 1 fully saturated rings. The molecular weight excluding hydrogens is 346 g/mol. The third-order valence-electron chi connectivity index (χ3n) is 5.06. The summed E-state index contributed by atoms with van der Waals surface area (Å²) in [4.78, 5) is 17.1. The van der Waals surface area contributed by atoms with E-state index in [4.69, 9.17) is 16.6 Å². The van der Waals surface area contributed by atoms with Crippen molar-refractivity contribution < 1.29 is 4.79 Å². The molecule has 1 aromatic carbocycles. The summed E-state index contributed by atoms with van der Waals surface area (Å²) in [5, 5.41) is 3.87. The van der Waals surface area contributed by atoms with Crippen molar-refractivity contribution in [2.45, 2.75) is 44.6 Å². The van der Waals surface area contributed by atoms with Gasteiger partial charge in [-0.3, -0.25) is 4.79 Å². The van der Waals surface area contributed by atoms with Gasteiger partial charge in [0.1, 0.15) is 5.65 Å². The fourth-order valence-electron chi connectivity index (χ4n) is 3.73. The Balaban J connectivity index is 1.59. The highest BCUT2D eigenvalue weighted by atomic mass is 35.5. The Morgan fingerprint density at radius 3 is 2.69 bits per heavy atom. The van der Waals surface area contributed by atoms with Crippen LogP contribution in [0.1, 0.15) is 37.8 Å². The summed E-state index contributed by atoms with van der Waals surface area (Å²) >= 11 is 6.02. The van der Waals surface area contributed by atoms with Crippen LogP contribution in [0.5, 0.6) is 0 Å². The van der Waals surface area contributed by atoms with Crippen LogP contribution in [0.25, 0.3) is 16.9 Å². The minimum atomic E-state index is 0.129. The summed E-state index contributed by atoms with van der Waals surface area (Å²) in [5.41, 5.74) is 3.89. The number of carbonyl (C=O) groups excluding carboxylic acids is 1. The van der Waals surface area contributed by atoms with Gasteiger partial charge in [-0.2, -0.15) is 0 Å². The SMILES string of the molecule is O=C(CCc1c(-c2ccc(Cl)cc2)nc2ccccn12)NC1CCCC1. The van der Waals surface area contributed by atoms with Crippen LogP contribution in [0.3, 0.4) is 0 Å². The van der Waals surface area contributed by atoms with Crippen LogP contribution >= 0.6 is 11.6 Å². The molecule has 4 nitrogen and oxygen atoms in total. The van der Waals surface area contributed by atoms with E-state index in [9.17, 15) is 4.79 Å². The van der Waals surface area contributed by atoms with Gasteiger partial charge in [0.15, 0.2) is 0 Å². The predicted octanol–water partition coefficient (Wildman–Crippen LogP) is 4.65. The molecule has 26 heavy (non-hydrogen) atoms. The second-order valence-electron chi connectivity index (χ2n) is 6.89. The maximum absolute atomic E-state index is 12.4. The second kappa shape index (κ2) is 7.50. The molecule has 4 rings (SSSR count). The minimum Gasteiger partial charge on any atom is -0.353 e. The molecule has 1 amide bonds. The summed E-state index contributed by atoms with van der Waals surface area (Å²) < 4.78 is 2.08. The van der Waals surface area contributed by atoms with E-state index in [1.807, 2.05) is 48.7 Å². The third-order valence-corrected chi connectivity index (χ3v) is 5.31. The first-order valence-electron chi connectivity index (χ1n) is 9.22. The van der Waals surface area contributed by atoms with E-state index in [-0.39, 0.29) is 5.91 Å². The standard InChI is InChI=1S/C21H22ClN3O/c22-16-10-8-15(9-11-16)21-18(25-14-4-3-7-19(25)24-21)12-13-20(26)23-17-5-1-2-6-17/h3-4,7-11,14,17H,1-2,5-6,12-13H2,(H,23,26). The number of carbonyl (C=O) groups is 1. The van der Waals surface area contributed by atoms with Crippen molar-refractivity contribution in [3.05, 3.63) is 59.4 Å². The molecule has 0 unspecified atom stereocenters. The Morgan fingerprint density at radius 2 is 1.92 bits per heavy atom. The molecule has 0 saturated heterocycles. The van der Waals surface area contributed by atoms with Gasteiger partial charge in [-0.25, -0.2) is 4.98 Å². The molecule has 3 aromatic rings. The average molecular weight is 368 g/mol. The first-order valence-corrected chi connectivity index (χ1v) is 9.60.